The van der Waals surface area contributed by atoms with Crippen LogP contribution < -0.4 is 10.6 Å². The van der Waals surface area contributed by atoms with Gasteiger partial charge in [-0.3, -0.25) is 4.79 Å². The Hall–Kier alpha value is -0.370. The van der Waals surface area contributed by atoms with Gasteiger partial charge in [-0.1, -0.05) is 6.92 Å². The van der Waals surface area contributed by atoms with Crippen LogP contribution in [0.4, 0.5) is 0 Å². The lowest BCUT2D eigenvalue weighted by Gasteiger charge is -2.32. The Bertz CT molecular complexity index is 459. The van der Waals surface area contributed by atoms with Crippen LogP contribution in [-0.2, 0) is 14.8 Å². The highest BCUT2D eigenvalue weighted by molar-refractivity contribution is 7.89. The molecule has 0 spiro atoms. The molecule has 0 radical (unpaired) electrons. The third-order valence-corrected chi connectivity index (χ3v) is 6.68. The molecule has 0 aromatic carbocycles. The van der Waals surface area contributed by atoms with Gasteiger partial charge in [-0.05, 0) is 51.1 Å². The van der Waals surface area contributed by atoms with E-state index in [9.17, 15) is 13.2 Å². The zero-order chi connectivity index (χ0) is 16.0. The summed E-state index contributed by atoms with van der Waals surface area (Å²) in [4.78, 5) is 12.1. The molecule has 2 N–H and O–H groups in total. The summed E-state index contributed by atoms with van der Waals surface area (Å²) >= 11 is 0. The van der Waals surface area contributed by atoms with Gasteiger partial charge in [-0.15, -0.1) is 12.4 Å². The fourth-order valence-electron chi connectivity index (χ4n) is 3.30. The van der Waals surface area contributed by atoms with Crippen molar-refractivity contribution in [2.45, 2.75) is 51.5 Å². The molecule has 2 rings (SSSR count). The van der Waals surface area contributed by atoms with Crippen LogP contribution in [0, 0.1) is 5.92 Å². The molecule has 0 aliphatic carbocycles. The van der Waals surface area contributed by atoms with E-state index in [2.05, 4.69) is 10.6 Å². The number of nitrogens with zero attached hydrogens (tertiary/aromatic N) is 1. The first kappa shape index (κ1) is 20.7. The number of rotatable bonds is 6. The van der Waals surface area contributed by atoms with Crippen LogP contribution in [0.3, 0.4) is 0 Å². The average Bonchev–Trinajstić information content (AvgIpc) is 2.48. The summed E-state index contributed by atoms with van der Waals surface area (Å²) in [5.41, 5.74) is 0. The molecule has 1 amide bonds. The lowest BCUT2D eigenvalue weighted by atomic mass is 9.94. The maximum Gasteiger partial charge on any atom is 0.220 e. The normalized spacial score (nSPS) is 21.6. The summed E-state index contributed by atoms with van der Waals surface area (Å²) in [7, 11) is -3.09. The summed E-state index contributed by atoms with van der Waals surface area (Å²) in [5.74, 6) is 0.841. The van der Waals surface area contributed by atoms with Crippen molar-refractivity contribution in [2.75, 3.05) is 31.9 Å². The lowest BCUT2D eigenvalue weighted by Crippen LogP contribution is -2.47. The molecule has 8 heteroatoms. The SMILES string of the molecule is CCCS(=O)(=O)N1CCC(NC(=O)CC2CCNCC2)CC1.Cl. The van der Waals surface area contributed by atoms with Gasteiger partial charge in [-0.25, -0.2) is 12.7 Å². The van der Waals surface area contributed by atoms with Crippen LogP contribution in [0.25, 0.3) is 0 Å². The van der Waals surface area contributed by atoms with Crippen LogP contribution in [0.1, 0.15) is 45.4 Å². The van der Waals surface area contributed by atoms with Crippen LogP contribution >= 0.6 is 12.4 Å². The zero-order valence-corrected chi connectivity index (χ0v) is 15.6. The highest BCUT2D eigenvalue weighted by atomic mass is 35.5. The molecule has 0 unspecified atom stereocenters. The maximum absolute atomic E-state index is 12.1. The number of nitrogens with one attached hydrogen (secondary N) is 2. The molecule has 2 aliphatic heterocycles. The Kier molecular flexibility index (Phi) is 8.82. The Morgan fingerprint density at radius 2 is 1.78 bits per heavy atom. The van der Waals surface area contributed by atoms with Gasteiger partial charge in [0.1, 0.15) is 0 Å². The van der Waals surface area contributed by atoms with Crippen molar-refractivity contribution in [3.63, 3.8) is 0 Å². The van der Waals surface area contributed by atoms with Gasteiger partial charge in [-0.2, -0.15) is 0 Å². The fourth-order valence-corrected chi connectivity index (χ4v) is 4.84. The van der Waals surface area contributed by atoms with Crippen molar-refractivity contribution in [2.24, 2.45) is 5.92 Å². The lowest BCUT2D eigenvalue weighted by molar-refractivity contribution is -0.123. The number of sulfonamides is 1. The molecule has 0 saturated carbocycles. The van der Waals surface area contributed by atoms with Gasteiger partial charge in [0.25, 0.3) is 0 Å². The minimum Gasteiger partial charge on any atom is -0.353 e. The zero-order valence-electron chi connectivity index (χ0n) is 13.9. The number of hydrogen-bond acceptors (Lipinski definition) is 4. The van der Waals surface area contributed by atoms with Crippen LogP contribution in [-0.4, -0.2) is 56.6 Å². The Morgan fingerprint density at radius 1 is 1.17 bits per heavy atom. The quantitative estimate of drug-likeness (QED) is 0.737. The molecule has 6 nitrogen and oxygen atoms in total. The van der Waals surface area contributed by atoms with E-state index in [1.54, 1.807) is 4.31 Å². The van der Waals surface area contributed by atoms with Gasteiger partial charge >= 0.3 is 0 Å². The van der Waals surface area contributed by atoms with Crippen LogP contribution in [0.15, 0.2) is 0 Å². The summed E-state index contributed by atoms with van der Waals surface area (Å²) in [6.07, 6.45) is 4.84. The van der Waals surface area contributed by atoms with E-state index in [1.807, 2.05) is 6.92 Å². The van der Waals surface area contributed by atoms with Gasteiger partial charge in [0.15, 0.2) is 0 Å². The number of carbonyl (C=O) groups excluding carboxylic acids is 1. The molecule has 0 aromatic rings. The van der Waals surface area contributed by atoms with E-state index in [1.165, 1.54) is 0 Å². The van der Waals surface area contributed by atoms with Crippen molar-refractivity contribution >= 4 is 28.3 Å². The first-order chi connectivity index (χ1) is 10.5. The largest absolute Gasteiger partial charge is 0.353 e. The number of amides is 1. The van der Waals surface area contributed by atoms with Crippen molar-refractivity contribution in [1.29, 1.82) is 0 Å². The summed E-state index contributed by atoms with van der Waals surface area (Å²) in [6.45, 7) is 4.95. The second-order valence-electron chi connectivity index (χ2n) is 6.45. The van der Waals surface area contributed by atoms with Gasteiger partial charge in [0.05, 0.1) is 5.75 Å². The summed E-state index contributed by atoms with van der Waals surface area (Å²) in [5, 5.41) is 6.39. The molecule has 2 fully saturated rings. The highest BCUT2D eigenvalue weighted by Gasteiger charge is 2.28. The smallest absolute Gasteiger partial charge is 0.220 e. The third kappa shape index (κ3) is 6.57. The molecule has 23 heavy (non-hydrogen) atoms. The number of hydrogen-bond donors (Lipinski definition) is 2. The first-order valence-electron chi connectivity index (χ1n) is 8.49. The Labute approximate surface area is 146 Å². The van der Waals surface area contributed by atoms with E-state index < -0.39 is 10.0 Å². The third-order valence-electron chi connectivity index (χ3n) is 4.61. The average molecular weight is 368 g/mol. The maximum atomic E-state index is 12.1. The van der Waals surface area contributed by atoms with E-state index in [4.69, 9.17) is 0 Å². The first-order valence-corrected chi connectivity index (χ1v) is 10.1. The molecule has 0 atom stereocenters. The van der Waals surface area contributed by atoms with Crippen molar-refractivity contribution < 1.29 is 13.2 Å². The molecular weight excluding hydrogens is 338 g/mol. The van der Waals surface area contributed by atoms with E-state index in [0.717, 1.165) is 38.8 Å². The molecule has 2 saturated heterocycles. The highest BCUT2D eigenvalue weighted by Crippen LogP contribution is 2.18. The molecule has 2 aliphatic rings. The fraction of sp³-hybridized carbons (Fsp3) is 0.933. The van der Waals surface area contributed by atoms with Crippen LogP contribution in [0.2, 0.25) is 0 Å². The molecule has 0 bridgehead atoms. The van der Waals surface area contributed by atoms with Gasteiger partial charge in [0, 0.05) is 25.6 Å². The standard InChI is InChI=1S/C15H29N3O3S.ClH/c1-2-11-22(20,21)18-9-5-14(6-10-18)17-15(19)12-13-3-7-16-8-4-13;/h13-14,16H,2-12H2,1H3,(H,17,19);1H. The predicted molar refractivity (Wildman–Crippen MR) is 94.3 cm³/mol. The summed E-state index contributed by atoms with van der Waals surface area (Å²) in [6, 6.07) is 0.127. The Balaban J connectivity index is 0.00000264. The van der Waals surface area contributed by atoms with E-state index in [-0.39, 0.29) is 30.1 Å². The molecular formula is C15H30ClN3O3S. The van der Waals surface area contributed by atoms with Gasteiger partial charge in [0.2, 0.25) is 15.9 Å². The molecule has 0 aromatic heterocycles. The Morgan fingerprint density at radius 3 is 2.35 bits per heavy atom. The second kappa shape index (κ2) is 9.81. The number of carbonyl (C=O) groups is 1. The van der Waals surface area contributed by atoms with Crippen molar-refractivity contribution in [1.82, 2.24) is 14.9 Å². The van der Waals surface area contributed by atoms with Crippen LogP contribution in [0.5, 0.6) is 0 Å². The van der Waals surface area contributed by atoms with Gasteiger partial charge < -0.3 is 10.6 Å². The van der Waals surface area contributed by atoms with E-state index in [0.29, 0.717) is 31.8 Å². The monoisotopic (exact) mass is 367 g/mol. The summed E-state index contributed by atoms with van der Waals surface area (Å²) < 4.78 is 25.6. The minimum absolute atomic E-state index is 0. The van der Waals surface area contributed by atoms with Crippen molar-refractivity contribution in [3.8, 4) is 0 Å². The van der Waals surface area contributed by atoms with E-state index >= 15 is 0 Å². The number of halogens is 1. The minimum atomic E-state index is -3.09. The topological polar surface area (TPSA) is 78.5 Å². The van der Waals surface area contributed by atoms with Crippen molar-refractivity contribution in [3.05, 3.63) is 0 Å². The predicted octanol–water partition coefficient (Wildman–Crippen LogP) is 1.12. The molecule has 2 heterocycles. The second-order valence-corrected chi connectivity index (χ2v) is 8.54. The number of piperidine rings is 2. The molecule has 136 valence electrons.